The van der Waals surface area contributed by atoms with E-state index in [0.717, 1.165) is 0 Å². The molecule has 0 fully saturated rings. The smallest absolute Gasteiger partial charge is 0.308 e. The van der Waals surface area contributed by atoms with E-state index >= 15 is 0 Å². The highest BCUT2D eigenvalue weighted by Gasteiger charge is 2.24. The van der Waals surface area contributed by atoms with E-state index in [9.17, 15) is 15.0 Å². The van der Waals surface area contributed by atoms with Gasteiger partial charge in [0.2, 0.25) is 0 Å². The van der Waals surface area contributed by atoms with Gasteiger partial charge in [-0.05, 0) is 13.0 Å². The van der Waals surface area contributed by atoms with E-state index in [-0.39, 0.29) is 6.42 Å². The van der Waals surface area contributed by atoms with Crippen LogP contribution in [0.4, 0.5) is 0 Å². The van der Waals surface area contributed by atoms with Crippen LogP contribution in [-0.2, 0) is 4.79 Å². The third-order valence-electron chi connectivity index (χ3n) is 2.36. The summed E-state index contributed by atoms with van der Waals surface area (Å²) >= 11 is 0. The van der Waals surface area contributed by atoms with Crippen LogP contribution in [0, 0.1) is 5.92 Å². The van der Waals surface area contributed by atoms with Crippen LogP contribution in [0.2, 0.25) is 0 Å². The van der Waals surface area contributed by atoms with Gasteiger partial charge in [-0.1, -0.05) is 0 Å². The number of rotatable bonds is 5. The van der Waals surface area contributed by atoms with Crippen molar-refractivity contribution in [2.45, 2.75) is 25.6 Å². The lowest BCUT2D eigenvalue weighted by atomic mass is 9.97. The fourth-order valence-corrected chi connectivity index (χ4v) is 1.20. The molecule has 0 aromatic carbocycles. The second-order valence-corrected chi connectivity index (χ2v) is 3.50. The molecule has 0 aliphatic heterocycles. The average molecular weight is 214 g/mol. The van der Waals surface area contributed by atoms with Crippen molar-refractivity contribution in [1.29, 1.82) is 0 Å². The van der Waals surface area contributed by atoms with Crippen molar-refractivity contribution in [2.75, 3.05) is 0 Å². The molecule has 15 heavy (non-hydrogen) atoms. The van der Waals surface area contributed by atoms with Crippen LogP contribution >= 0.6 is 0 Å². The minimum atomic E-state index is -1.08. The van der Waals surface area contributed by atoms with Crippen LogP contribution in [0.15, 0.2) is 23.0 Å². The average Bonchev–Trinajstić information content (AvgIpc) is 2.68. The molecule has 3 N–H and O–H groups in total. The summed E-state index contributed by atoms with van der Waals surface area (Å²) in [5.74, 6) is -1.98. The molecule has 0 saturated carbocycles. The van der Waals surface area contributed by atoms with E-state index in [1.807, 2.05) is 0 Å². The maximum Gasteiger partial charge on any atom is 0.308 e. The first-order valence-electron chi connectivity index (χ1n) is 4.63. The molecule has 0 spiro atoms. The highest BCUT2D eigenvalue weighted by molar-refractivity contribution is 5.70. The lowest BCUT2D eigenvalue weighted by molar-refractivity contribution is -0.145. The van der Waals surface area contributed by atoms with Crippen LogP contribution in [0.3, 0.4) is 0 Å². The molecule has 1 aromatic rings. The normalized spacial score (nSPS) is 17.0. The minimum absolute atomic E-state index is 0.0208. The third-order valence-corrected chi connectivity index (χ3v) is 2.36. The summed E-state index contributed by atoms with van der Waals surface area (Å²) in [6.07, 6.45) is 0.773. The summed E-state index contributed by atoms with van der Waals surface area (Å²) in [6, 6.07) is 1.57. The predicted octanol–water partition coefficient (Wildman–Crippen LogP) is 0.785. The standard InChI is InChI=1S/C10H14O5/c1-6(10(13)14)8(11)4-9(12)7-2-3-15-5-7/h2-3,5-6,8-9,11-12H,4H2,1H3,(H,13,14)/t6?,8?,9-/m0/s1. The van der Waals surface area contributed by atoms with Crippen LogP contribution in [-0.4, -0.2) is 27.4 Å². The zero-order chi connectivity index (χ0) is 11.4. The Bertz CT molecular complexity index is 306. The molecule has 0 bridgehead atoms. The topological polar surface area (TPSA) is 90.9 Å². The van der Waals surface area contributed by atoms with Gasteiger partial charge < -0.3 is 19.7 Å². The first-order chi connectivity index (χ1) is 7.02. The number of hydrogen-bond donors (Lipinski definition) is 3. The van der Waals surface area contributed by atoms with E-state index in [0.29, 0.717) is 5.56 Å². The third kappa shape index (κ3) is 3.07. The second-order valence-electron chi connectivity index (χ2n) is 3.50. The first-order valence-corrected chi connectivity index (χ1v) is 4.63. The zero-order valence-corrected chi connectivity index (χ0v) is 8.33. The molecule has 1 heterocycles. The van der Waals surface area contributed by atoms with Gasteiger partial charge in [0, 0.05) is 12.0 Å². The Morgan fingerprint density at radius 2 is 2.20 bits per heavy atom. The van der Waals surface area contributed by atoms with Gasteiger partial charge in [-0.2, -0.15) is 0 Å². The number of furan rings is 1. The number of carboxylic acids is 1. The second kappa shape index (κ2) is 4.95. The van der Waals surface area contributed by atoms with E-state index in [1.165, 1.54) is 19.5 Å². The Morgan fingerprint density at radius 1 is 1.53 bits per heavy atom. The molecule has 0 aliphatic carbocycles. The van der Waals surface area contributed by atoms with Crippen molar-refractivity contribution in [3.8, 4) is 0 Å². The molecule has 5 nitrogen and oxygen atoms in total. The summed E-state index contributed by atoms with van der Waals surface area (Å²) in [5.41, 5.74) is 0.534. The van der Waals surface area contributed by atoms with Gasteiger partial charge in [0.25, 0.3) is 0 Å². The summed E-state index contributed by atoms with van der Waals surface area (Å²) < 4.78 is 4.77. The molecule has 3 atom stereocenters. The van der Waals surface area contributed by atoms with Crippen molar-refractivity contribution in [1.82, 2.24) is 0 Å². The van der Waals surface area contributed by atoms with Gasteiger partial charge in [-0.15, -0.1) is 0 Å². The summed E-state index contributed by atoms with van der Waals surface area (Å²) in [5, 5.41) is 27.7. The molecule has 2 unspecified atom stereocenters. The van der Waals surface area contributed by atoms with Crippen LogP contribution in [0.25, 0.3) is 0 Å². The Hall–Kier alpha value is -1.33. The molecule has 0 amide bonds. The first kappa shape index (κ1) is 11.7. The van der Waals surface area contributed by atoms with Crippen LogP contribution in [0.5, 0.6) is 0 Å². The van der Waals surface area contributed by atoms with Gasteiger partial charge >= 0.3 is 5.97 Å². The molecular weight excluding hydrogens is 200 g/mol. The largest absolute Gasteiger partial charge is 0.481 e. The number of carboxylic acid groups (broad SMARTS) is 1. The molecule has 0 saturated heterocycles. The predicted molar refractivity (Wildman–Crippen MR) is 51.1 cm³/mol. The molecule has 5 heteroatoms. The van der Waals surface area contributed by atoms with Gasteiger partial charge in [0.1, 0.15) is 0 Å². The van der Waals surface area contributed by atoms with Gasteiger partial charge in [0.05, 0.1) is 30.7 Å². The van der Waals surface area contributed by atoms with Crippen LogP contribution < -0.4 is 0 Å². The monoisotopic (exact) mass is 214 g/mol. The van der Waals surface area contributed by atoms with Crippen molar-refractivity contribution >= 4 is 5.97 Å². The Balaban J connectivity index is 2.51. The number of aliphatic carboxylic acids is 1. The molecule has 84 valence electrons. The van der Waals surface area contributed by atoms with Crippen molar-refractivity contribution in [3.05, 3.63) is 24.2 Å². The van der Waals surface area contributed by atoms with Crippen molar-refractivity contribution in [3.63, 3.8) is 0 Å². The molecular formula is C10H14O5. The fraction of sp³-hybridized carbons (Fsp3) is 0.500. The molecule has 1 rings (SSSR count). The Kier molecular flexibility index (Phi) is 3.88. The number of aliphatic hydroxyl groups is 2. The summed E-state index contributed by atoms with van der Waals surface area (Å²) in [6.45, 7) is 1.40. The van der Waals surface area contributed by atoms with Gasteiger partial charge in [0.15, 0.2) is 0 Å². The number of hydrogen-bond acceptors (Lipinski definition) is 4. The lowest BCUT2D eigenvalue weighted by Gasteiger charge is -2.17. The lowest BCUT2D eigenvalue weighted by Crippen LogP contribution is -2.27. The Morgan fingerprint density at radius 3 is 2.67 bits per heavy atom. The highest BCUT2D eigenvalue weighted by Crippen LogP contribution is 2.21. The van der Waals surface area contributed by atoms with E-state index in [2.05, 4.69) is 0 Å². The quantitative estimate of drug-likeness (QED) is 0.673. The minimum Gasteiger partial charge on any atom is -0.481 e. The molecule has 0 radical (unpaired) electrons. The molecule has 1 aromatic heterocycles. The van der Waals surface area contributed by atoms with E-state index in [1.54, 1.807) is 6.07 Å². The number of aliphatic hydroxyl groups excluding tert-OH is 2. The van der Waals surface area contributed by atoms with Crippen molar-refractivity contribution < 1.29 is 24.5 Å². The van der Waals surface area contributed by atoms with E-state index < -0.39 is 24.1 Å². The van der Waals surface area contributed by atoms with E-state index in [4.69, 9.17) is 9.52 Å². The van der Waals surface area contributed by atoms with Crippen LogP contribution in [0.1, 0.15) is 25.0 Å². The molecule has 0 aliphatic rings. The van der Waals surface area contributed by atoms with Gasteiger partial charge in [-0.3, -0.25) is 4.79 Å². The Labute approximate surface area is 87.0 Å². The summed E-state index contributed by atoms with van der Waals surface area (Å²) in [7, 11) is 0. The SMILES string of the molecule is CC(C(=O)O)C(O)C[C@H](O)c1ccoc1. The fourth-order valence-electron chi connectivity index (χ4n) is 1.20. The maximum atomic E-state index is 10.5. The number of carbonyl (C=O) groups is 1. The maximum absolute atomic E-state index is 10.5. The summed E-state index contributed by atoms with van der Waals surface area (Å²) in [4.78, 5) is 10.5. The highest BCUT2D eigenvalue weighted by atomic mass is 16.4. The zero-order valence-electron chi connectivity index (χ0n) is 8.33. The van der Waals surface area contributed by atoms with Crippen molar-refractivity contribution in [2.24, 2.45) is 5.92 Å². The van der Waals surface area contributed by atoms with Gasteiger partial charge in [-0.25, -0.2) is 0 Å².